The predicted molar refractivity (Wildman–Crippen MR) is 77.8 cm³/mol. The van der Waals surface area contributed by atoms with Gasteiger partial charge in [-0.25, -0.2) is 8.78 Å². The van der Waals surface area contributed by atoms with Crippen molar-refractivity contribution in [2.24, 2.45) is 5.73 Å². The van der Waals surface area contributed by atoms with Crippen molar-refractivity contribution < 1.29 is 13.6 Å². The van der Waals surface area contributed by atoms with Crippen LogP contribution in [0.25, 0.3) is 0 Å². The van der Waals surface area contributed by atoms with Gasteiger partial charge in [-0.1, -0.05) is 25.8 Å². The van der Waals surface area contributed by atoms with Crippen molar-refractivity contribution in [3.05, 3.63) is 35.4 Å². The van der Waals surface area contributed by atoms with Crippen LogP contribution in [0, 0.1) is 11.6 Å². The van der Waals surface area contributed by atoms with Crippen LogP contribution in [0.3, 0.4) is 0 Å². The molecule has 0 aromatic heterocycles. The highest BCUT2D eigenvalue weighted by atomic mass is 35.5. The smallest absolute Gasteiger partial charge is 0.224 e. The summed E-state index contributed by atoms with van der Waals surface area (Å²) in [5.74, 6) is -2.07. The first kappa shape index (κ1) is 18.8. The van der Waals surface area contributed by atoms with Gasteiger partial charge >= 0.3 is 0 Å². The lowest BCUT2D eigenvalue weighted by atomic mass is 10.1. The van der Waals surface area contributed by atoms with Gasteiger partial charge in [0.1, 0.15) is 0 Å². The van der Waals surface area contributed by atoms with Crippen LogP contribution in [0.4, 0.5) is 8.78 Å². The molecule has 1 rings (SSSR count). The van der Waals surface area contributed by atoms with E-state index in [-0.39, 0.29) is 30.8 Å². The third-order valence-corrected chi connectivity index (χ3v) is 2.90. The minimum absolute atomic E-state index is 0. The number of amides is 1. The van der Waals surface area contributed by atoms with Crippen molar-refractivity contribution in [1.29, 1.82) is 0 Å². The van der Waals surface area contributed by atoms with Crippen molar-refractivity contribution in [1.82, 2.24) is 5.32 Å². The maximum atomic E-state index is 13.0. The Hall–Kier alpha value is -1.20. The fourth-order valence-corrected chi connectivity index (χ4v) is 1.81. The maximum absolute atomic E-state index is 13.0. The number of hydrogen-bond acceptors (Lipinski definition) is 2. The van der Waals surface area contributed by atoms with Crippen LogP contribution in [0.5, 0.6) is 0 Å². The van der Waals surface area contributed by atoms with Gasteiger partial charge in [-0.05, 0) is 24.1 Å². The summed E-state index contributed by atoms with van der Waals surface area (Å²) in [6.45, 7) is 2.44. The summed E-state index contributed by atoms with van der Waals surface area (Å²) in [4.78, 5) is 11.8. The molecule has 6 heteroatoms. The number of nitrogens with one attached hydrogen (secondary N) is 1. The first-order valence-electron chi connectivity index (χ1n) is 6.50. The molecule has 0 radical (unpaired) electrons. The average Bonchev–Trinajstić information content (AvgIpc) is 2.38. The Labute approximate surface area is 124 Å². The second kappa shape index (κ2) is 9.66. The monoisotopic (exact) mass is 306 g/mol. The summed E-state index contributed by atoms with van der Waals surface area (Å²) in [7, 11) is 0. The standard InChI is InChI=1S/C14H20F2N2O.ClH/c1-2-3-4-11(9-17)18-14(19)8-10-5-6-12(15)13(16)7-10;/h5-7,11H,2-4,8-9,17H2,1H3,(H,18,19);1H. The first-order chi connectivity index (χ1) is 9.06. The molecule has 1 aromatic carbocycles. The molecule has 0 fully saturated rings. The second-order valence-corrected chi connectivity index (χ2v) is 4.57. The zero-order chi connectivity index (χ0) is 14.3. The van der Waals surface area contributed by atoms with Crippen LogP contribution in [-0.2, 0) is 11.2 Å². The van der Waals surface area contributed by atoms with Crippen molar-refractivity contribution in [2.75, 3.05) is 6.54 Å². The molecular formula is C14H21ClF2N2O. The molecule has 20 heavy (non-hydrogen) atoms. The van der Waals surface area contributed by atoms with Gasteiger partial charge < -0.3 is 11.1 Å². The topological polar surface area (TPSA) is 55.1 Å². The number of carbonyl (C=O) groups excluding carboxylic acids is 1. The van der Waals surface area contributed by atoms with E-state index in [2.05, 4.69) is 12.2 Å². The Bertz CT molecular complexity index is 430. The molecule has 0 aliphatic carbocycles. The lowest BCUT2D eigenvalue weighted by Crippen LogP contribution is -2.40. The predicted octanol–water partition coefficient (Wildman–Crippen LogP) is 2.56. The van der Waals surface area contributed by atoms with Crippen LogP contribution < -0.4 is 11.1 Å². The van der Waals surface area contributed by atoms with Gasteiger partial charge in [0.15, 0.2) is 11.6 Å². The molecule has 0 aliphatic rings. The van der Waals surface area contributed by atoms with E-state index < -0.39 is 11.6 Å². The van der Waals surface area contributed by atoms with Crippen molar-refractivity contribution >= 4 is 18.3 Å². The van der Waals surface area contributed by atoms with E-state index in [1.54, 1.807) is 0 Å². The quantitative estimate of drug-likeness (QED) is 0.813. The number of hydrogen-bond donors (Lipinski definition) is 2. The lowest BCUT2D eigenvalue weighted by molar-refractivity contribution is -0.121. The molecule has 0 spiro atoms. The number of rotatable bonds is 7. The third-order valence-electron chi connectivity index (χ3n) is 2.90. The Kier molecular flexibility index (Phi) is 9.08. The van der Waals surface area contributed by atoms with Crippen LogP contribution >= 0.6 is 12.4 Å². The Morgan fingerprint density at radius 2 is 2.05 bits per heavy atom. The number of benzene rings is 1. The lowest BCUT2D eigenvalue weighted by Gasteiger charge is -2.16. The van der Waals surface area contributed by atoms with Crippen LogP contribution in [0.1, 0.15) is 31.7 Å². The number of unbranched alkanes of at least 4 members (excludes halogenated alkanes) is 1. The summed E-state index contributed by atoms with van der Waals surface area (Å²) in [5, 5.41) is 2.80. The molecule has 0 aliphatic heterocycles. The SMILES string of the molecule is CCCCC(CN)NC(=O)Cc1ccc(F)c(F)c1.Cl. The van der Waals surface area contributed by atoms with E-state index in [1.807, 2.05) is 0 Å². The highest BCUT2D eigenvalue weighted by Gasteiger charge is 2.11. The normalized spacial score (nSPS) is 11.6. The first-order valence-corrected chi connectivity index (χ1v) is 6.50. The highest BCUT2D eigenvalue weighted by Crippen LogP contribution is 2.09. The Morgan fingerprint density at radius 1 is 1.35 bits per heavy atom. The van der Waals surface area contributed by atoms with E-state index in [9.17, 15) is 13.6 Å². The zero-order valence-corrected chi connectivity index (χ0v) is 12.3. The summed E-state index contributed by atoms with van der Waals surface area (Å²) < 4.78 is 25.7. The van der Waals surface area contributed by atoms with E-state index in [0.717, 1.165) is 31.4 Å². The molecular weight excluding hydrogens is 286 g/mol. The van der Waals surface area contributed by atoms with Crippen LogP contribution in [0.2, 0.25) is 0 Å². The van der Waals surface area contributed by atoms with E-state index in [1.165, 1.54) is 6.07 Å². The van der Waals surface area contributed by atoms with E-state index >= 15 is 0 Å². The number of nitrogens with two attached hydrogens (primary N) is 1. The van der Waals surface area contributed by atoms with Gasteiger partial charge in [0.25, 0.3) is 0 Å². The highest BCUT2D eigenvalue weighted by molar-refractivity contribution is 5.85. The van der Waals surface area contributed by atoms with Crippen LogP contribution in [0.15, 0.2) is 18.2 Å². The average molecular weight is 307 g/mol. The molecule has 1 amide bonds. The van der Waals surface area contributed by atoms with Crippen LogP contribution in [-0.4, -0.2) is 18.5 Å². The van der Waals surface area contributed by atoms with Gasteiger partial charge in [-0.2, -0.15) is 0 Å². The molecule has 1 unspecified atom stereocenters. The van der Waals surface area contributed by atoms with Gasteiger partial charge in [0.2, 0.25) is 5.91 Å². The summed E-state index contributed by atoms with van der Waals surface area (Å²) in [5.41, 5.74) is 6.02. The molecule has 0 saturated heterocycles. The summed E-state index contributed by atoms with van der Waals surface area (Å²) in [6, 6.07) is 3.41. The number of halogens is 3. The Balaban J connectivity index is 0.00000361. The van der Waals surface area contributed by atoms with E-state index in [0.29, 0.717) is 12.1 Å². The molecule has 1 aromatic rings. The molecule has 0 bridgehead atoms. The third kappa shape index (κ3) is 6.30. The largest absolute Gasteiger partial charge is 0.352 e. The molecule has 0 heterocycles. The molecule has 3 nitrogen and oxygen atoms in total. The molecule has 114 valence electrons. The summed E-state index contributed by atoms with van der Waals surface area (Å²) >= 11 is 0. The fourth-order valence-electron chi connectivity index (χ4n) is 1.81. The minimum atomic E-state index is -0.938. The maximum Gasteiger partial charge on any atom is 0.224 e. The van der Waals surface area contributed by atoms with Gasteiger partial charge in [-0.3, -0.25) is 4.79 Å². The second-order valence-electron chi connectivity index (χ2n) is 4.57. The van der Waals surface area contributed by atoms with Crippen molar-refractivity contribution in [3.8, 4) is 0 Å². The molecule has 0 saturated carbocycles. The van der Waals surface area contributed by atoms with Gasteiger partial charge in [0, 0.05) is 12.6 Å². The van der Waals surface area contributed by atoms with Crippen molar-refractivity contribution in [2.45, 2.75) is 38.6 Å². The number of carbonyl (C=O) groups is 1. The minimum Gasteiger partial charge on any atom is -0.352 e. The van der Waals surface area contributed by atoms with Gasteiger partial charge in [0.05, 0.1) is 6.42 Å². The Morgan fingerprint density at radius 3 is 2.60 bits per heavy atom. The zero-order valence-electron chi connectivity index (χ0n) is 11.5. The van der Waals surface area contributed by atoms with E-state index in [4.69, 9.17) is 5.73 Å². The molecule has 3 N–H and O–H groups in total. The fraction of sp³-hybridized carbons (Fsp3) is 0.500. The molecule has 1 atom stereocenters. The summed E-state index contributed by atoms with van der Waals surface area (Å²) in [6.07, 6.45) is 2.89. The van der Waals surface area contributed by atoms with Crippen molar-refractivity contribution in [3.63, 3.8) is 0 Å². The van der Waals surface area contributed by atoms with Gasteiger partial charge in [-0.15, -0.1) is 12.4 Å².